The van der Waals surface area contributed by atoms with Crippen LogP contribution in [-0.4, -0.2) is 33.7 Å². The van der Waals surface area contributed by atoms with Crippen molar-refractivity contribution in [3.63, 3.8) is 0 Å². The van der Waals surface area contributed by atoms with E-state index in [0.29, 0.717) is 6.54 Å². The third kappa shape index (κ3) is 3.92. The van der Waals surface area contributed by atoms with Crippen molar-refractivity contribution in [3.05, 3.63) is 33.8 Å². The predicted molar refractivity (Wildman–Crippen MR) is 86.6 cm³/mol. The molecule has 1 N–H and O–H groups in total. The van der Waals surface area contributed by atoms with Crippen LogP contribution < -0.4 is 5.32 Å². The number of rotatable bonds is 6. The topological polar surface area (TPSA) is 50.2 Å². The highest BCUT2D eigenvalue weighted by Gasteiger charge is 2.15. The summed E-state index contributed by atoms with van der Waals surface area (Å²) in [5.74, 6) is 0.00704. The fourth-order valence-corrected chi connectivity index (χ4v) is 2.99. The van der Waals surface area contributed by atoms with Gasteiger partial charge in [0.25, 0.3) is 0 Å². The molecular formula is C15H22N4OS. The quantitative estimate of drug-likeness (QED) is 0.892. The minimum atomic E-state index is 0.00704. The van der Waals surface area contributed by atoms with E-state index in [1.807, 2.05) is 27.0 Å². The number of hydrogen-bond donors (Lipinski definition) is 1. The summed E-state index contributed by atoms with van der Waals surface area (Å²) in [5, 5.41) is 9.36. The van der Waals surface area contributed by atoms with Crippen molar-refractivity contribution in [2.24, 2.45) is 7.05 Å². The maximum Gasteiger partial charge on any atom is 0.238 e. The van der Waals surface area contributed by atoms with Gasteiger partial charge >= 0.3 is 0 Å². The average molecular weight is 306 g/mol. The molecule has 0 saturated heterocycles. The number of anilines is 1. The first-order valence-corrected chi connectivity index (χ1v) is 7.94. The number of likely N-dealkylation sites (N-methyl/N-ethyl adjacent to an activating group) is 1. The summed E-state index contributed by atoms with van der Waals surface area (Å²) < 4.78 is 1.79. The van der Waals surface area contributed by atoms with E-state index < -0.39 is 0 Å². The van der Waals surface area contributed by atoms with E-state index in [1.165, 1.54) is 4.88 Å². The molecule has 0 spiro atoms. The first-order chi connectivity index (χ1) is 10.0. The summed E-state index contributed by atoms with van der Waals surface area (Å²) in [4.78, 5) is 15.6. The molecule has 21 heavy (non-hydrogen) atoms. The number of amides is 1. The molecule has 2 rings (SSSR count). The van der Waals surface area contributed by atoms with Crippen molar-refractivity contribution in [1.82, 2.24) is 14.7 Å². The second-order valence-corrected chi connectivity index (χ2v) is 6.13. The van der Waals surface area contributed by atoms with Gasteiger partial charge in [-0.3, -0.25) is 14.4 Å². The molecule has 6 heteroatoms. The number of nitrogens with zero attached hydrogens (tertiary/aromatic N) is 3. The molecule has 2 aromatic rings. The van der Waals surface area contributed by atoms with Crippen LogP contribution >= 0.6 is 11.3 Å². The lowest BCUT2D eigenvalue weighted by atomic mass is 10.3. The highest BCUT2D eigenvalue weighted by Crippen LogP contribution is 2.18. The molecule has 0 aliphatic heterocycles. The number of aryl methyl sites for hydroxylation is 2. The van der Waals surface area contributed by atoms with Crippen LogP contribution in [0.3, 0.4) is 0 Å². The van der Waals surface area contributed by atoms with Crippen LogP contribution in [-0.2, 0) is 18.4 Å². The van der Waals surface area contributed by atoms with Crippen molar-refractivity contribution in [3.8, 4) is 0 Å². The van der Waals surface area contributed by atoms with Crippen LogP contribution in [0.5, 0.6) is 0 Å². The minimum absolute atomic E-state index is 0.00704. The molecule has 0 atom stereocenters. The summed E-state index contributed by atoms with van der Waals surface area (Å²) in [6.07, 6.45) is 0. The Morgan fingerprint density at radius 2 is 2.24 bits per heavy atom. The van der Waals surface area contributed by atoms with Gasteiger partial charge in [0.1, 0.15) is 0 Å². The van der Waals surface area contributed by atoms with Crippen LogP contribution in [0.25, 0.3) is 0 Å². The van der Waals surface area contributed by atoms with Gasteiger partial charge in [-0.2, -0.15) is 5.10 Å². The Morgan fingerprint density at radius 3 is 2.76 bits per heavy atom. The Kier molecular flexibility index (Phi) is 5.14. The number of hydrogen-bond acceptors (Lipinski definition) is 4. The molecule has 0 aliphatic rings. The van der Waals surface area contributed by atoms with Gasteiger partial charge in [0.05, 0.1) is 23.6 Å². The molecule has 1 amide bonds. The van der Waals surface area contributed by atoms with Gasteiger partial charge in [-0.25, -0.2) is 0 Å². The van der Waals surface area contributed by atoms with Gasteiger partial charge in [-0.05, 0) is 31.8 Å². The molecule has 5 nitrogen and oxygen atoms in total. The summed E-state index contributed by atoms with van der Waals surface area (Å²) in [6.45, 7) is 7.98. The van der Waals surface area contributed by atoms with E-state index in [9.17, 15) is 4.79 Å². The Balaban J connectivity index is 1.96. The number of carbonyl (C=O) groups is 1. The zero-order valence-electron chi connectivity index (χ0n) is 13.0. The highest BCUT2D eigenvalue weighted by molar-refractivity contribution is 7.09. The largest absolute Gasteiger partial charge is 0.322 e. The summed E-state index contributed by atoms with van der Waals surface area (Å²) in [7, 11) is 1.88. The summed E-state index contributed by atoms with van der Waals surface area (Å²) in [5.41, 5.74) is 2.65. The van der Waals surface area contributed by atoms with Crippen LogP contribution in [0.4, 0.5) is 5.69 Å². The highest BCUT2D eigenvalue weighted by atomic mass is 32.1. The van der Waals surface area contributed by atoms with E-state index in [2.05, 4.69) is 33.7 Å². The standard InChI is InChI=1S/C15H22N4OS/c1-5-19(9-13-7-6-8-21-13)10-14(20)16-15-11(2)17-18(4)12(15)3/h6-8H,5,9-10H2,1-4H3,(H,16,20). The van der Waals surface area contributed by atoms with E-state index in [0.717, 1.165) is 30.2 Å². The van der Waals surface area contributed by atoms with E-state index in [4.69, 9.17) is 0 Å². The van der Waals surface area contributed by atoms with Gasteiger partial charge in [0, 0.05) is 18.5 Å². The Bertz CT molecular complexity index is 603. The molecule has 0 unspecified atom stereocenters. The molecule has 0 aliphatic carbocycles. The van der Waals surface area contributed by atoms with Crippen molar-refractivity contribution in [2.75, 3.05) is 18.4 Å². The van der Waals surface area contributed by atoms with Crippen molar-refractivity contribution in [1.29, 1.82) is 0 Å². The lowest BCUT2D eigenvalue weighted by Crippen LogP contribution is -2.32. The molecule has 2 aromatic heterocycles. The Morgan fingerprint density at radius 1 is 1.48 bits per heavy atom. The van der Waals surface area contributed by atoms with Gasteiger partial charge in [-0.15, -0.1) is 11.3 Å². The number of thiophene rings is 1. The smallest absolute Gasteiger partial charge is 0.238 e. The number of aromatic nitrogens is 2. The molecular weight excluding hydrogens is 284 g/mol. The fraction of sp³-hybridized carbons (Fsp3) is 0.467. The molecule has 0 aromatic carbocycles. The maximum absolute atomic E-state index is 12.2. The lowest BCUT2D eigenvalue weighted by molar-refractivity contribution is -0.117. The normalized spacial score (nSPS) is 11.1. The molecule has 0 saturated carbocycles. The first-order valence-electron chi connectivity index (χ1n) is 7.06. The third-order valence-corrected chi connectivity index (χ3v) is 4.41. The lowest BCUT2D eigenvalue weighted by Gasteiger charge is -2.19. The molecule has 114 valence electrons. The van der Waals surface area contributed by atoms with Crippen molar-refractivity contribution < 1.29 is 4.79 Å². The SMILES string of the molecule is CCN(CC(=O)Nc1c(C)nn(C)c1C)Cc1cccs1. The van der Waals surface area contributed by atoms with Crippen molar-refractivity contribution in [2.45, 2.75) is 27.3 Å². The van der Waals surface area contributed by atoms with Crippen molar-refractivity contribution >= 4 is 22.9 Å². The van der Waals surface area contributed by atoms with E-state index in [-0.39, 0.29) is 5.91 Å². The minimum Gasteiger partial charge on any atom is -0.322 e. The zero-order valence-corrected chi connectivity index (χ0v) is 13.8. The predicted octanol–water partition coefficient (Wildman–Crippen LogP) is 2.56. The monoisotopic (exact) mass is 306 g/mol. The number of carbonyl (C=O) groups excluding carboxylic acids is 1. The number of nitrogens with one attached hydrogen (secondary N) is 1. The van der Waals surface area contributed by atoms with Crippen LogP contribution in [0.2, 0.25) is 0 Å². The molecule has 0 radical (unpaired) electrons. The third-order valence-electron chi connectivity index (χ3n) is 3.55. The maximum atomic E-state index is 12.2. The second kappa shape index (κ2) is 6.87. The van der Waals surface area contributed by atoms with Gasteiger partial charge in [-0.1, -0.05) is 13.0 Å². The van der Waals surface area contributed by atoms with Gasteiger partial charge in [0.2, 0.25) is 5.91 Å². The van der Waals surface area contributed by atoms with Crippen LogP contribution in [0.15, 0.2) is 17.5 Å². The summed E-state index contributed by atoms with van der Waals surface area (Å²) in [6, 6.07) is 4.14. The fourth-order valence-electron chi connectivity index (χ4n) is 2.24. The average Bonchev–Trinajstić information content (AvgIpc) is 3.02. The van der Waals surface area contributed by atoms with Gasteiger partial charge < -0.3 is 5.32 Å². The van der Waals surface area contributed by atoms with E-state index in [1.54, 1.807) is 16.0 Å². The zero-order chi connectivity index (χ0) is 15.4. The molecule has 2 heterocycles. The Hall–Kier alpha value is -1.66. The summed E-state index contributed by atoms with van der Waals surface area (Å²) >= 11 is 1.72. The van der Waals surface area contributed by atoms with Gasteiger partial charge in [0.15, 0.2) is 0 Å². The van der Waals surface area contributed by atoms with Crippen LogP contribution in [0.1, 0.15) is 23.2 Å². The molecule has 0 bridgehead atoms. The molecule has 0 fully saturated rings. The second-order valence-electron chi connectivity index (χ2n) is 5.10. The van der Waals surface area contributed by atoms with Crippen LogP contribution in [0, 0.1) is 13.8 Å². The Labute approximate surface area is 129 Å². The first kappa shape index (κ1) is 15.7. The van der Waals surface area contributed by atoms with E-state index >= 15 is 0 Å².